The maximum atomic E-state index is 13.5. The van der Waals surface area contributed by atoms with Crippen molar-refractivity contribution in [2.75, 3.05) is 10.2 Å². The van der Waals surface area contributed by atoms with Gasteiger partial charge in [0.15, 0.2) is 0 Å². The minimum absolute atomic E-state index is 0.141. The van der Waals surface area contributed by atoms with Gasteiger partial charge in [0.1, 0.15) is 11.5 Å². The number of benzene rings is 3. The smallest absolute Gasteiger partial charge is 0.282 e. The molecule has 4 nitrogen and oxygen atoms in total. The summed E-state index contributed by atoms with van der Waals surface area (Å²) >= 11 is 6.24. The Morgan fingerprint density at radius 1 is 0.839 bits per heavy atom. The Morgan fingerprint density at radius 3 is 2.19 bits per heavy atom. The molecule has 4 rings (SSSR count). The standard InChI is InChI=1S/C25H20ClFN2O2/c1-14-4-5-16(3)21(12-14)28-23-22(17-7-9-18(27)10-8-17)24(30)29(25(23)31)19-11-6-15(2)20(26)13-19/h4-13,28H,1-3H3. The first-order valence-corrected chi connectivity index (χ1v) is 10.1. The molecule has 3 aromatic carbocycles. The van der Waals surface area contributed by atoms with Gasteiger partial charge in [0.05, 0.1) is 11.3 Å². The van der Waals surface area contributed by atoms with E-state index in [0.717, 1.165) is 27.3 Å². The lowest BCUT2D eigenvalue weighted by atomic mass is 10.0. The van der Waals surface area contributed by atoms with E-state index in [1.165, 1.54) is 24.3 Å². The zero-order valence-electron chi connectivity index (χ0n) is 17.3. The Bertz CT molecular complexity index is 1250. The summed E-state index contributed by atoms with van der Waals surface area (Å²) in [6.45, 7) is 5.70. The van der Waals surface area contributed by atoms with Gasteiger partial charge in [-0.3, -0.25) is 9.59 Å². The highest BCUT2D eigenvalue weighted by Gasteiger charge is 2.40. The SMILES string of the molecule is Cc1ccc(C)c(NC2=C(c3ccc(F)cc3)C(=O)N(c3ccc(C)c(Cl)c3)C2=O)c1. The Labute approximate surface area is 185 Å². The Kier molecular flexibility index (Phi) is 5.38. The molecule has 0 unspecified atom stereocenters. The van der Waals surface area contributed by atoms with E-state index in [1.54, 1.807) is 18.2 Å². The summed E-state index contributed by atoms with van der Waals surface area (Å²) in [7, 11) is 0. The van der Waals surface area contributed by atoms with Crippen LogP contribution in [0.3, 0.4) is 0 Å². The molecule has 0 fully saturated rings. The first kappa shape index (κ1) is 20.8. The summed E-state index contributed by atoms with van der Waals surface area (Å²) in [5, 5.41) is 3.62. The van der Waals surface area contributed by atoms with Gasteiger partial charge in [0, 0.05) is 10.7 Å². The second kappa shape index (κ2) is 8.00. The number of rotatable bonds is 4. The highest BCUT2D eigenvalue weighted by molar-refractivity contribution is 6.46. The fourth-order valence-corrected chi connectivity index (χ4v) is 3.67. The predicted octanol–water partition coefficient (Wildman–Crippen LogP) is 5.80. The van der Waals surface area contributed by atoms with Crippen LogP contribution >= 0.6 is 11.6 Å². The van der Waals surface area contributed by atoms with Crippen molar-refractivity contribution < 1.29 is 14.0 Å². The zero-order chi connectivity index (χ0) is 22.3. The summed E-state index contributed by atoms with van der Waals surface area (Å²) in [5.74, 6) is -1.41. The molecule has 0 spiro atoms. The van der Waals surface area contributed by atoms with E-state index >= 15 is 0 Å². The molecule has 1 aliphatic rings. The van der Waals surface area contributed by atoms with Crippen LogP contribution in [0.1, 0.15) is 22.3 Å². The molecule has 0 aromatic heterocycles. The molecule has 0 atom stereocenters. The molecule has 0 saturated carbocycles. The van der Waals surface area contributed by atoms with Crippen LogP contribution in [0.5, 0.6) is 0 Å². The molecule has 2 amide bonds. The Hall–Kier alpha value is -3.44. The number of hydrogen-bond acceptors (Lipinski definition) is 3. The van der Waals surface area contributed by atoms with Crippen LogP contribution in [0.25, 0.3) is 5.57 Å². The van der Waals surface area contributed by atoms with Gasteiger partial charge in [-0.2, -0.15) is 0 Å². The summed E-state index contributed by atoms with van der Waals surface area (Å²) in [6.07, 6.45) is 0. The Morgan fingerprint density at radius 2 is 1.52 bits per heavy atom. The maximum Gasteiger partial charge on any atom is 0.282 e. The van der Waals surface area contributed by atoms with Crippen LogP contribution in [-0.4, -0.2) is 11.8 Å². The summed E-state index contributed by atoms with van der Waals surface area (Å²) in [6, 6.07) is 16.4. The van der Waals surface area contributed by atoms with Crippen LogP contribution in [-0.2, 0) is 9.59 Å². The third kappa shape index (κ3) is 3.84. The molecule has 0 aliphatic carbocycles. The van der Waals surface area contributed by atoms with Crippen molar-refractivity contribution >= 4 is 40.4 Å². The lowest BCUT2D eigenvalue weighted by Crippen LogP contribution is -2.32. The molecule has 1 aliphatic heterocycles. The van der Waals surface area contributed by atoms with Gasteiger partial charge in [0.2, 0.25) is 0 Å². The van der Waals surface area contributed by atoms with Gasteiger partial charge in [-0.15, -0.1) is 0 Å². The number of hydrogen-bond donors (Lipinski definition) is 1. The van der Waals surface area contributed by atoms with Crippen molar-refractivity contribution in [3.8, 4) is 0 Å². The number of imide groups is 1. The average molecular weight is 435 g/mol. The van der Waals surface area contributed by atoms with E-state index in [0.29, 0.717) is 16.3 Å². The van der Waals surface area contributed by atoms with Crippen molar-refractivity contribution in [2.24, 2.45) is 0 Å². The second-order valence-electron chi connectivity index (χ2n) is 7.58. The van der Waals surface area contributed by atoms with E-state index in [-0.39, 0.29) is 11.3 Å². The zero-order valence-corrected chi connectivity index (χ0v) is 18.0. The highest BCUT2D eigenvalue weighted by atomic mass is 35.5. The van der Waals surface area contributed by atoms with Gasteiger partial charge >= 0.3 is 0 Å². The van der Waals surface area contributed by atoms with Crippen LogP contribution in [0, 0.1) is 26.6 Å². The lowest BCUT2D eigenvalue weighted by Gasteiger charge is -2.17. The topological polar surface area (TPSA) is 49.4 Å². The number of nitrogens with zero attached hydrogens (tertiary/aromatic N) is 1. The molecule has 6 heteroatoms. The molecule has 1 N–H and O–H groups in total. The number of carbonyl (C=O) groups excluding carboxylic acids is 2. The van der Waals surface area contributed by atoms with E-state index < -0.39 is 17.6 Å². The maximum absolute atomic E-state index is 13.5. The molecular weight excluding hydrogens is 415 g/mol. The third-order valence-corrected chi connectivity index (χ3v) is 5.69. The van der Waals surface area contributed by atoms with Crippen molar-refractivity contribution in [2.45, 2.75) is 20.8 Å². The highest BCUT2D eigenvalue weighted by Crippen LogP contribution is 2.35. The molecule has 0 saturated heterocycles. The lowest BCUT2D eigenvalue weighted by molar-refractivity contribution is -0.120. The second-order valence-corrected chi connectivity index (χ2v) is 7.99. The first-order chi connectivity index (χ1) is 14.8. The van der Waals surface area contributed by atoms with Crippen molar-refractivity contribution in [3.05, 3.63) is 99.5 Å². The fourth-order valence-electron chi connectivity index (χ4n) is 3.49. The van der Waals surface area contributed by atoms with E-state index in [9.17, 15) is 14.0 Å². The molecular formula is C25H20ClFN2O2. The van der Waals surface area contributed by atoms with Crippen LogP contribution < -0.4 is 10.2 Å². The number of aryl methyl sites for hydroxylation is 3. The summed E-state index contributed by atoms with van der Waals surface area (Å²) < 4.78 is 13.5. The van der Waals surface area contributed by atoms with E-state index in [1.807, 2.05) is 39.0 Å². The minimum atomic E-state index is -0.496. The molecule has 3 aromatic rings. The molecule has 156 valence electrons. The van der Waals surface area contributed by atoms with Crippen LogP contribution in [0.4, 0.5) is 15.8 Å². The van der Waals surface area contributed by atoms with E-state index in [4.69, 9.17) is 11.6 Å². The molecule has 0 bridgehead atoms. The number of anilines is 2. The van der Waals surface area contributed by atoms with Crippen LogP contribution in [0.2, 0.25) is 5.02 Å². The van der Waals surface area contributed by atoms with Gasteiger partial charge in [-0.05, 0) is 73.4 Å². The monoisotopic (exact) mass is 434 g/mol. The molecule has 1 heterocycles. The van der Waals surface area contributed by atoms with Gasteiger partial charge in [-0.25, -0.2) is 9.29 Å². The normalized spacial score (nSPS) is 13.9. The van der Waals surface area contributed by atoms with Crippen molar-refractivity contribution in [1.82, 2.24) is 0 Å². The summed E-state index contributed by atoms with van der Waals surface area (Å²) in [5.41, 5.74) is 4.65. The number of carbonyl (C=O) groups is 2. The number of nitrogens with one attached hydrogen (secondary N) is 1. The van der Waals surface area contributed by atoms with E-state index in [2.05, 4.69) is 5.32 Å². The number of halogens is 2. The Balaban J connectivity index is 1.85. The van der Waals surface area contributed by atoms with Crippen molar-refractivity contribution in [3.63, 3.8) is 0 Å². The quantitative estimate of drug-likeness (QED) is 0.528. The average Bonchev–Trinajstić information content (AvgIpc) is 2.97. The largest absolute Gasteiger partial charge is 0.350 e. The first-order valence-electron chi connectivity index (χ1n) is 9.75. The summed E-state index contributed by atoms with van der Waals surface area (Å²) in [4.78, 5) is 27.9. The fraction of sp³-hybridized carbons (Fsp3) is 0.120. The minimum Gasteiger partial charge on any atom is -0.350 e. The van der Waals surface area contributed by atoms with Gasteiger partial charge in [0.25, 0.3) is 11.8 Å². The van der Waals surface area contributed by atoms with Gasteiger partial charge in [-0.1, -0.05) is 41.9 Å². The molecule has 0 radical (unpaired) electrons. The van der Waals surface area contributed by atoms with Crippen LogP contribution in [0.15, 0.2) is 66.4 Å². The number of amides is 2. The molecule has 31 heavy (non-hydrogen) atoms. The predicted molar refractivity (Wildman–Crippen MR) is 122 cm³/mol. The van der Waals surface area contributed by atoms with Crippen molar-refractivity contribution in [1.29, 1.82) is 0 Å². The van der Waals surface area contributed by atoms with Gasteiger partial charge < -0.3 is 5.32 Å². The third-order valence-electron chi connectivity index (χ3n) is 5.28.